The summed E-state index contributed by atoms with van der Waals surface area (Å²) in [5.74, 6) is 0.159. The summed E-state index contributed by atoms with van der Waals surface area (Å²) in [7, 11) is 0. The Kier molecular flexibility index (Phi) is 7.72. The van der Waals surface area contributed by atoms with Crippen LogP contribution in [0.1, 0.15) is 52.9 Å². The van der Waals surface area contributed by atoms with E-state index in [0.29, 0.717) is 31.4 Å². The van der Waals surface area contributed by atoms with Crippen LogP contribution in [0.3, 0.4) is 0 Å². The average molecular weight is 299 g/mol. The number of ether oxygens (including phenoxy) is 1. The van der Waals surface area contributed by atoms with Gasteiger partial charge in [0.1, 0.15) is 6.10 Å². The zero-order chi connectivity index (χ0) is 15.8. The molecule has 0 unspecified atom stereocenters. The number of carboxylic acid groups (broad SMARTS) is 1. The van der Waals surface area contributed by atoms with Crippen molar-refractivity contribution in [2.45, 2.75) is 59.0 Å². The van der Waals surface area contributed by atoms with E-state index in [-0.39, 0.29) is 12.3 Å². The molecule has 1 heterocycles. The van der Waals surface area contributed by atoms with Crippen molar-refractivity contribution in [1.82, 2.24) is 4.90 Å². The van der Waals surface area contributed by atoms with E-state index in [0.717, 1.165) is 25.8 Å². The molecule has 1 N–H and O–H groups in total. The normalized spacial score (nSPS) is 20.6. The highest BCUT2D eigenvalue weighted by atomic mass is 16.5. The summed E-state index contributed by atoms with van der Waals surface area (Å²) in [6.07, 6.45) is 3.37. The SMILES string of the molecule is CC(C)CCO[C@@H](C)C(=O)N1CCC[C@@H](CCC(=O)O)C1. The average Bonchev–Trinajstić information content (AvgIpc) is 2.44. The number of carbonyl (C=O) groups excluding carboxylic acids is 1. The maximum atomic E-state index is 12.3. The molecule has 1 aliphatic heterocycles. The van der Waals surface area contributed by atoms with Gasteiger partial charge in [-0.25, -0.2) is 0 Å². The Morgan fingerprint density at radius 3 is 2.67 bits per heavy atom. The number of likely N-dealkylation sites (tertiary alicyclic amines) is 1. The fourth-order valence-corrected chi connectivity index (χ4v) is 2.64. The van der Waals surface area contributed by atoms with Gasteiger partial charge in [-0.3, -0.25) is 9.59 Å². The molecule has 0 aliphatic carbocycles. The Hall–Kier alpha value is -1.10. The third-order valence-electron chi connectivity index (χ3n) is 4.01. The molecule has 0 aromatic rings. The summed E-state index contributed by atoms with van der Waals surface area (Å²) in [6.45, 7) is 8.12. The molecule has 0 bridgehead atoms. The Morgan fingerprint density at radius 1 is 1.33 bits per heavy atom. The maximum Gasteiger partial charge on any atom is 0.303 e. The van der Waals surface area contributed by atoms with E-state index < -0.39 is 12.1 Å². The Bertz CT molecular complexity index is 343. The van der Waals surface area contributed by atoms with Gasteiger partial charge in [0.15, 0.2) is 0 Å². The fraction of sp³-hybridized carbons (Fsp3) is 0.875. The number of carbonyl (C=O) groups is 2. The van der Waals surface area contributed by atoms with Gasteiger partial charge in [-0.1, -0.05) is 13.8 Å². The topological polar surface area (TPSA) is 66.8 Å². The number of amides is 1. The highest BCUT2D eigenvalue weighted by molar-refractivity contribution is 5.80. The van der Waals surface area contributed by atoms with Crippen LogP contribution in [0.5, 0.6) is 0 Å². The molecule has 122 valence electrons. The molecule has 0 spiro atoms. The smallest absolute Gasteiger partial charge is 0.303 e. The minimum atomic E-state index is -0.760. The van der Waals surface area contributed by atoms with Crippen molar-refractivity contribution in [3.05, 3.63) is 0 Å². The molecule has 1 amide bonds. The van der Waals surface area contributed by atoms with Gasteiger partial charge in [-0.15, -0.1) is 0 Å². The first-order chi connectivity index (χ1) is 9.90. The van der Waals surface area contributed by atoms with Gasteiger partial charge in [0.25, 0.3) is 5.91 Å². The lowest BCUT2D eigenvalue weighted by molar-refractivity contribution is -0.144. The molecule has 1 aliphatic rings. The van der Waals surface area contributed by atoms with Crippen molar-refractivity contribution in [3.63, 3.8) is 0 Å². The molecule has 21 heavy (non-hydrogen) atoms. The lowest BCUT2D eigenvalue weighted by Gasteiger charge is -2.34. The Balaban J connectivity index is 2.36. The third-order valence-corrected chi connectivity index (χ3v) is 4.01. The van der Waals surface area contributed by atoms with Gasteiger partial charge in [0, 0.05) is 26.1 Å². The lowest BCUT2D eigenvalue weighted by atomic mass is 9.93. The summed E-state index contributed by atoms with van der Waals surface area (Å²) in [4.78, 5) is 24.8. The number of hydrogen-bond donors (Lipinski definition) is 1. The molecule has 0 aromatic carbocycles. The predicted molar refractivity (Wildman–Crippen MR) is 81.0 cm³/mol. The van der Waals surface area contributed by atoms with Crippen molar-refractivity contribution in [1.29, 1.82) is 0 Å². The van der Waals surface area contributed by atoms with Crippen molar-refractivity contribution in [2.75, 3.05) is 19.7 Å². The van der Waals surface area contributed by atoms with Crippen LogP contribution < -0.4 is 0 Å². The van der Waals surface area contributed by atoms with Crippen LogP contribution in [0.15, 0.2) is 0 Å². The molecule has 0 radical (unpaired) electrons. The van der Waals surface area contributed by atoms with Crippen LogP contribution >= 0.6 is 0 Å². The zero-order valence-electron chi connectivity index (χ0n) is 13.5. The molecule has 5 nitrogen and oxygen atoms in total. The molecule has 1 rings (SSSR count). The molecule has 0 saturated carbocycles. The molecular weight excluding hydrogens is 270 g/mol. The van der Waals surface area contributed by atoms with Crippen molar-refractivity contribution in [3.8, 4) is 0 Å². The minimum absolute atomic E-state index is 0.0405. The van der Waals surface area contributed by atoms with E-state index in [4.69, 9.17) is 9.84 Å². The van der Waals surface area contributed by atoms with E-state index in [1.807, 2.05) is 11.8 Å². The van der Waals surface area contributed by atoms with Gasteiger partial charge in [-0.2, -0.15) is 0 Å². The standard InChI is InChI=1S/C16H29NO4/c1-12(2)8-10-21-13(3)16(20)17-9-4-5-14(11-17)6-7-15(18)19/h12-14H,4-11H2,1-3H3,(H,18,19)/t13-,14-/m0/s1. The zero-order valence-corrected chi connectivity index (χ0v) is 13.5. The van der Waals surface area contributed by atoms with E-state index >= 15 is 0 Å². The third kappa shape index (κ3) is 6.93. The second-order valence-corrected chi connectivity index (χ2v) is 6.42. The minimum Gasteiger partial charge on any atom is -0.481 e. The second kappa shape index (κ2) is 9.03. The lowest BCUT2D eigenvalue weighted by Crippen LogP contribution is -2.45. The number of piperidine rings is 1. The number of rotatable bonds is 8. The van der Waals surface area contributed by atoms with E-state index in [2.05, 4.69) is 13.8 Å². The maximum absolute atomic E-state index is 12.3. The summed E-state index contributed by atoms with van der Waals surface area (Å²) in [5.41, 5.74) is 0. The number of carboxylic acids is 1. The van der Waals surface area contributed by atoms with E-state index in [1.54, 1.807) is 0 Å². The molecule has 1 saturated heterocycles. The molecule has 1 fully saturated rings. The summed E-state index contributed by atoms with van der Waals surface area (Å²) >= 11 is 0. The van der Waals surface area contributed by atoms with Crippen LogP contribution in [0.25, 0.3) is 0 Å². The van der Waals surface area contributed by atoms with Crippen LogP contribution in [0.2, 0.25) is 0 Å². The highest BCUT2D eigenvalue weighted by Crippen LogP contribution is 2.22. The van der Waals surface area contributed by atoms with Gasteiger partial charge >= 0.3 is 5.97 Å². The predicted octanol–water partition coefficient (Wildman–Crippen LogP) is 2.54. The van der Waals surface area contributed by atoms with Gasteiger partial charge < -0.3 is 14.7 Å². The van der Waals surface area contributed by atoms with E-state index in [9.17, 15) is 9.59 Å². The van der Waals surface area contributed by atoms with E-state index in [1.165, 1.54) is 0 Å². The first-order valence-corrected chi connectivity index (χ1v) is 8.02. The molecule has 2 atom stereocenters. The van der Waals surface area contributed by atoms with Crippen LogP contribution in [0, 0.1) is 11.8 Å². The number of nitrogens with zero attached hydrogens (tertiary/aromatic N) is 1. The summed E-state index contributed by atoms with van der Waals surface area (Å²) < 4.78 is 5.62. The summed E-state index contributed by atoms with van der Waals surface area (Å²) in [5, 5.41) is 8.75. The van der Waals surface area contributed by atoms with Crippen molar-refractivity contribution < 1.29 is 19.4 Å². The first kappa shape index (κ1) is 18.0. The van der Waals surface area contributed by atoms with Crippen LogP contribution in [-0.2, 0) is 14.3 Å². The quantitative estimate of drug-likeness (QED) is 0.748. The first-order valence-electron chi connectivity index (χ1n) is 8.02. The van der Waals surface area contributed by atoms with Gasteiger partial charge in [-0.05, 0) is 44.4 Å². The Morgan fingerprint density at radius 2 is 2.05 bits per heavy atom. The monoisotopic (exact) mass is 299 g/mol. The van der Waals surface area contributed by atoms with Crippen LogP contribution in [0.4, 0.5) is 0 Å². The second-order valence-electron chi connectivity index (χ2n) is 6.42. The number of aliphatic carboxylic acids is 1. The highest BCUT2D eigenvalue weighted by Gasteiger charge is 2.27. The van der Waals surface area contributed by atoms with Gasteiger partial charge in [0.2, 0.25) is 0 Å². The van der Waals surface area contributed by atoms with Crippen molar-refractivity contribution >= 4 is 11.9 Å². The molecular formula is C16H29NO4. The Labute approximate surface area is 127 Å². The van der Waals surface area contributed by atoms with Crippen molar-refractivity contribution in [2.24, 2.45) is 11.8 Å². The molecule has 5 heteroatoms. The van der Waals surface area contributed by atoms with Gasteiger partial charge in [0.05, 0.1) is 0 Å². The largest absolute Gasteiger partial charge is 0.481 e. The fourth-order valence-electron chi connectivity index (χ4n) is 2.64. The summed E-state index contributed by atoms with van der Waals surface area (Å²) in [6, 6.07) is 0. The number of hydrogen-bond acceptors (Lipinski definition) is 3. The molecule has 0 aromatic heterocycles. The van der Waals surface area contributed by atoms with Crippen LogP contribution in [-0.4, -0.2) is 47.7 Å².